The summed E-state index contributed by atoms with van der Waals surface area (Å²) < 4.78 is 19.6. The maximum atomic E-state index is 13.5. The van der Waals surface area contributed by atoms with E-state index in [0.29, 0.717) is 16.8 Å². The summed E-state index contributed by atoms with van der Waals surface area (Å²) in [5.41, 5.74) is 0. The van der Waals surface area contributed by atoms with E-state index >= 15 is 0 Å². The van der Waals surface area contributed by atoms with Crippen molar-refractivity contribution in [2.24, 2.45) is 0 Å². The summed E-state index contributed by atoms with van der Waals surface area (Å²) in [5.74, 6) is 0.00404. The molecule has 1 fully saturated rings. The van der Waals surface area contributed by atoms with Crippen LogP contribution in [-0.2, 0) is 0 Å². The first-order chi connectivity index (χ1) is 8.77. The van der Waals surface area contributed by atoms with Gasteiger partial charge in [-0.25, -0.2) is 4.39 Å². The maximum absolute atomic E-state index is 13.5. The van der Waals surface area contributed by atoms with Gasteiger partial charge < -0.3 is 15.0 Å². The Labute approximate surface area is 115 Å². The highest BCUT2D eigenvalue weighted by molar-refractivity contribution is 9.10. The molecular weight excluding hydrogens is 299 g/mol. The average molecular weight is 317 g/mol. The first-order valence-corrected chi connectivity index (χ1v) is 7.06. The van der Waals surface area contributed by atoms with Crippen molar-refractivity contribution >= 4 is 15.9 Å². The van der Waals surface area contributed by atoms with Crippen molar-refractivity contribution in [2.75, 3.05) is 39.3 Å². The van der Waals surface area contributed by atoms with Gasteiger partial charge in [-0.05, 0) is 34.5 Å². The van der Waals surface area contributed by atoms with Gasteiger partial charge >= 0.3 is 0 Å². The summed E-state index contributed by atoms with van der Waals surface area (Å²) in [4.78, 5) is 2.40. The van der Waals surface area contributed by atoms with Crippen LogP contribution in [0.5, 0.6) is 5.75 Å². The number of rotatable bonds is 5. The predicted octanol–water partition coefficient (Wildman–Crippen LogP) is 2.26. The third-order valence-corrected chi connectivity index (χ3v) is 3.62. The Bertz CT molecular complexity index is 363. The van der Waals surface area contributed by atoms with Crippen molar-refractivity contribution in [1.29, 1.82) is 0 Å². The first kappa shape index (κ1) is 13.8. The molecular formula is C13H18BrFN2O. The third-order valence-electron chi connectivity index (χ3n) is 2.99. The average Bonchev–Trinajstić information content (AvgIpc) is 2.38. The zero-order valence-corrected chi connectivity index (χ0v) is 11.9. The number of hydrogen-bond donors (Lipinski definition) is 1. The number of piperazine rings is 1. The minimum absolute atomic E-state index is 0.313. The second-order valence-corrected chi connectivity index (χ2v) is 5.20. The second-order valence-electron chi connectivity index (χ2n) is 4.34. The number of halogens is 2. The summed E-state index contributed by atoms with van der Waals surface area (Å²) in [6.45, 7) is 5.84. The number of nitrogens with one attached hydrogen (secondary N) is 1. The topological polar surface area (TPSA) is 24.5 Å². The van der Waals surface area contributed by atoms with Gasteiger partial charge in [0.25, 0.3) is 0 Å². The molecule has 0 aromatic heterocycles. The second kappa shape index (κ2) is 7.07. The Morgan fingerprint density at radius 3 is 2.83 bits per heavy atom. The number of para-hydroxylation sites is 1. The fraction of sp³-hybridized carbons (Fsp3) is 0.538. The van der Waals surface area contributed by atoms with Gasteiger partial charge in [-0.2, -0.15) is 0 Å². The lowest BCUT2D eigenvalue weighted by Gasteiger charge is -2.27. The Morgan fingerprint density at radius 2 is 2.11 bits per heavy atom. The van der Waals surface area contributed by atoms with Gasteiger partial charge in [-0.15, -0.1) is 0 Å². The zero-order valence-electron chi connectivity index (χ0n) is 10.3. The van der Waals surface area contributed by atoms with E-state index < -0.39 is 0 Å². The van der Waals surface area contributed by atoms with E-state index in [1.807, 2.05) is 0 Å². The third kappa shape index (κ3) is 3.93. The van der Waals surface area contributed by atoms with Gasteiger partial charge in [0.05, 0.1) is 11.1 Å². The van der Waals surface area contributed by atoms with E-state index in [0.717, 1.165) is 39.1 Å². The summed E-state index contributed by atoms with van der Waals surface area (Å²) in [5, 5.41) is 3.32. The van der Waals surface area contributed by atoms with Gasteiger partial charge in [0.2, 0.25) is 0 Å². The van der Waals surface area contributed by atoms with Crippen LogP contribution >= 0.6 is 15.9 Å². The molecule has 18 heavy (non-hydrogen) atoms. The Balaban J connectivity index is 1.71. The molecule has 1 saturated heterocycles. The summed E-state index contributed by atoms with van der Waals surface area (Å²) in [6.07, 6.45) is 0.917. The fourth-order valence-electron chi connectivity index (χ4n) is 2.02. The smallest absolute Gasteiger partial charge is 0.169 e. The van der Waals surface area contributed by atoms with Crippen molar-refractivity contribution in [3.8, 4) is 5.75 Å². The lowest BCUT2D eigenvalue weighted by atomic mass is 10.3. The molecule has 1 aliphatic heterocycles. The lowest BCUT2D eigenvalue weighted by Crippen LogP contribution is -2.43. The number of ether oxygens (including phenoxy) is 1. The molecule has 0 radical (unpaired) electrons. The van der Waals surface area contributed by atoms with Crippen LogP contribution in [-0.4, -0.2) is 44.2 Å². The largest absolute Gasteiger partial charge is 0.489 e. The molecule has 0 unspecified atom stereocenters. The van der Waals surface area contributed by atoms with Crippen LogP contribution in [0.2, 0.25) is 0 Å². The Hall–Kier alpha value is -0.650. The van der Waals surface area contributed by atoms with Crippen LogP contribution in [0.4, 0.5) is 4.39 Å². The standard InChI is InChI=1S/C13H18BrFN2O/c14-11-3-1-4-12(15)13(11)18-10-2-7-17-8-5-16-6-9-17/h1,3-4,16H,2,5-10H2. The van der Waals surface area contributed by atoms with Crippen LogP contribution in [0, 0.1) is 5.82 Å². The van der Waals surface area contributed by atoms with Gasteiger partial charge in [0.15, 0.2) is 11.6 Å². The van der Waals surface area contributed by atoms with Crippen molar-refractivity contribution in [3.05, 3.63) is 28.5 Å². The van der Waals surface area contributed by atoms with E-state index in [9.17, 15) is 4.39 Å². The molecule has 0 spiro atoms. The summed E-state index contributed by atoms with van der Waals surface area (Å²) in [6, 6.07) is 4.86. The predicted molar refractivity (Wildman–Crippen MR) is 73.5 cm³/mol. The molecule has 0 aliphatic carbocycles. The fourth-order valence-corrected chi connectivity index (χ4v) is 2.47. The normalized spacial score (nSPS) is 16.8. The molecule has 1 aromatic carbocycles. The molecule has 1 aliphatic rings. The molecule has 1 heterocycles. The van der Waals surface area contributed by atoms with Crippen molar-refractivity contribution in [3.63, 3.8) is 0 Å². The highest BCUT2D eigenvalue weighted by atomic mass is 79.9. The molecule has 0 amide bonds. The van der Waals surface area contributed by atoms with Gasteiger partial charge in [0.1, 0.15) is 0 Å². The van der Waals surface area contributed by atoms with Gasteiger partial charge in [0, 0.05) is 32.7 Å². The zero-order chi connectivity index (χ0) is 12.8. The first-order valence-electron chi connectivity index (χ1n) is 6.27. The van der Waals surface area contributed by atoms with Gasteiger partial charge in [-0.3, -0.25) is 0 Å². The van der Waals surface area contributed by atoms with Crippen LogP contribution in [0.3, 0.4) is 0 Å². The van der Waals surface area contributed by atoms with Crippen LogP contribution in [0.1, 0.15) is 6.42 Å². The number of hydrogen-bond acceptors (Lipinski definition) is 3. The monoisotopic (exact) mass is 316 g/mol. The number of benzene rings is 1. The lowest BCUT2D eigenvalue weighted by molar-refractivity contribution is 0.211. The van der Waals surface area contributed by atoms with Gasteiger partial charge in [-0.1, -0.05) is 6.07 Å². The van der Waals surface area contributed by atoms with E-state index in [-0.39, 0.29) is 5.82 Å². The minimum atomic E-state index is -0.313. The maximum Gasteiger partial charge on any atom is 0.169 e. The van der Waals surface area contributed by atoms with Crippen LogP contribution in [0.15, 0.2) is 22.7 Å². The number of nitrogens with zero attached hydrogens (tertiary/aromatic N) is 1. The molecule has 0 bridgehead atoms. The quantitative estimate of drug-likeness (QED) is 0.843. The Kier molecular flexibility index (Phi) is 5.41. The van der Waals surface area contributed by atoms with E-state index in [1.54, 1.807) is 12.1 Å². The van der Waals surface area contributed by atoms with E-state index in [2.05, 4.69) is 26.1 Å². The molecule has 100 valence electrons. The highest BCUT2D eigenvalue weighted by Gasteiger charge is 2.10. The van der Waals surface area contributed by atoms with Crippen LogP contribution in [0.25, 0.3) is 0 Å². The molecule has 0 saturated carbocycles. The summed E-state index contributed by atoms with van der Waals surface area (Å²) in [7, 11) is 0. The van der Waals surface area contributed by atoms with Crippen molar-refractivity contribution < 1.29 is 9.13 Å². The molecule has 0 atom stereocenters. The van der Waals surface area contributed by atoms with E-state index in [1.165, 1.54) is 6.07 Å². The summed E-state index contributed by atoms with van der Waals surface area (Å²) >= 11 is 3.29. The Morgan fingerprint density at radius 1 is 1.33 bits per heavy atom. The van der Waals surface area contributed by atoms with E-state index in [4.69, 9.17) is 4.74 Å². The molecule has 1 N–H and O–H groups in total. The van der Waals surface area contributed by atoms with Crippen LogP contribution < -0.4 is 10.1 Å². The molecule has 5 heteroatoms. The minimum Gasteiger partial charge on any atom is -0.489 e. The molecule has 1 aromatic rings. The van der Waals surface area contributed by atoms with Crippen molar-refractivity contribution in [2.45, 2.75) is 6.42 Å². The highest BCUT2D eigenvalue weighted by Crippen LogP contribution is 2.27. The molecule has 3 nitrogen and oxygen atoms in total. The SMILES string of the molecule is Fc1cccc(Br)c1OCCCN1CCNCC1. The van der Waals surface area contributed by atoms with Crippen molar-refractivity contribution in [1.82, 2.24) is 10.2 Å². The molecule has 2 rings (SSSR count).